The first kappa shape index (κ1) is 12.3. The number of hydrogen-bond donors (Lipinski definition) is 2. The first-order valence-corrected chi connectivity index (χ1v) is 5.83. The van der Waals surface area contributed by atoms with Crippen molar-refractivity contribution in [2.75, 3.05) is 11.9 Å². The Balaban J connectivity index is 2.03. The highest BCUT2D eigenvalue weighted by atomic mass is 35.5. The zero-order valence-electron chi connectivity index (χ0n) is 8.86. The van der Waals surface area contributed by atoms with Gasteiger partial charge in [-0.2, -0.15) is 0 Å². The molecule has 17 heavy (non-hydrogen) atoms. The van der Waals surface area contributed by atoms with Crippen LogP contribution in [0.25, 0.3) is 0 Å². The van der Waals surface area contributed by atoms with E-state index in [0.717, 1.165) is 0 Å². The monoisotopic (exact) mass is 271 g/mol. The fraction of sp³-hybridized carbons (Fsp3) is 0.167. The van der Waals surface area contributed by atoms with Gasteiger partial charge in [-0.3, -0.25) is 0 Å². The van der Waals surface area contributed by atoms with Gasteiger partial charge in [0.2, 0.25) is 0 Å². The van der Waals surface area contributed by atoms with Crippen LogP contribution in [0.1, 0.15) is 11.9 Å². The zero-order valence-corrected chi connectivity index (χ0v) is 10.4. The van der Waals surface area contributed by atoms with Gasteiger partial charge in [-0.25, -0.2) is 0 Å². The molecule has 0 aliphatic carbocycles. The Bertz CT molecular complexity index is 465. The first-order valence-electron chi connectivity index (χ1n) is 5.08. The highest BCUT2D eigenvalue weighted by Gasteiger charge is 2.12. The number of nitrogens with one attached hydrogen (secondary N) is 1. The topological polar surface area (TPSA) is 45.4 Å². The lowest BCUT2D eigenvalue weighted by Crippen LogP contribution is -2.12. The van der Waals surface area contributed by atoms with Crippen LogP contribution in [0.3, 0.4) is 0 Å². The number of hydrogen-bond acceptors (Lipinski definition) is 3. The molecule has 0 bridgehead atoms. The molecule has 5 heteroatoms. The summed E-state index contributed by atoms with van der Waals surface area (Å²) < 4.78 is 5.09. The molecule has 1 unspecified atom stereocenters. The quantitative estimate of drug-likeness (QED) is 0.891. The lowest BCUT2D eigenvalue weighted by molar-refractivity contribution is 0.162. The molecule has 3 nitrogen and oxygen atoms in total. The summed E-state index contributed by atoms with van der Waals surface area (Å²) >= 11 is 12.0. The maximum atomic E-state index is 9.81. The van der Waals surface area contributed by atoms with Crippen LogP contribution in [0.2, 0.25) is 10.0 Å². The standard InChI is InChI=1S/C12H11Cl2NO2/c13-8-3-1-4-9(14)12(8)15-7-10(16)11-5-2-6-17-11/h1-6,10,15-16H,7H2. The molecular formula is C12H11Cl2NO2. The highest BCUT2D eigenvalue weighted by molar-refractivity contribution is 6.39. The Labute approximate surface area is 109 Å². The average Bonchev–Trinajstić information content (AvgIpc) is 2.81. The molecule has 1 atom stereocenters. The number of aliphatic hydroxyl groups is 1. The van der Waals surface area contributed by atoms with E-state index in [1.807, 2.05) is 0 Å². The largest absolute Gasteiger partial charge is 0.467 e. The third-order valence-corrected chi connectivity index (χ3v) is 2.94. The normalized spacial score (nSPS) is 12.4. The molecule has 0 radical (unpaired) electrons. The van der Waals surface area contributed by atoms with Crippen molar-refractivity contribution in [1.82, 2.24) is 0 Å². The maximum Gasteiger partial charge on any atom is 0.134 e. The fourth-order valence-corrected chi connectivity index (χ4v) is 1.98. The van der Waals surface area contributed by atoms with Crippen molar-refractivity contribution >= 4 is 28.9 Å². The van der Waals surface area contributed by atoms with Crippen molar-refractivity contribution in [3.63, 3.8) is 0 Å². The van der Waals surface area contributed by atoms with Crippen LogP contribution in [-0.2, 0) is 0 Å². The van der Waals surface area contributed by atoms with Gasteiger partial charge in [0.1, 0.15) is 11.9 Å². The minimum absolute atomic E-state index is 0.275. The molecule has 0 amide bonds. The molecule has 2 aromatic rings. The van der Waals surface area contributed by atoms with Crippen LogP contribution in [0.4, 0.5) is 5.69 Å². The van der Waals surface area contributed by atoms with Crippen molar-refractivity contribution < 1.29 is 9.52 Å². The van der Waals surface area contributed by atoms with Crippen molar-refractivity contribution in [2.45, 2.75) is 6.10 Å². The van der Waals surface area contributed by atoms with E-state index in [-0.39, 0.29) is 6.54 Å². The first-order chi connectivity index (χ1) is 8.18. The number of aliphatic hydroxyl groups excluding tert-OH is 1. The third kappa shape index (κ3) is 2.94. The Kier molecular flexibility index (Phi) is 3.94. The summed E-state index contributed by atoms with van der Waals surface area (Å²) in [6.45, 7) is 0.275. The summed E-state index contributed by atoms with van der Waals surface area (Å²) in [5.74, 6) is 0.501. The second-order valence-electron chi connectivity index (χ2n) is 3.51. The summed E-state index contributed by atoms with van der Waals surface area (Å²) in [5, 5.41) is 13.8. The van der Waals surface area contributed by atoms with Gasteiger partial charge >= 0.3 is 0 Å². The smallest absolute Gasteiger partial charge is 0.134 e. The Morgan fingerprint density at radius 3 is 2.47 bits per heavy atom. The van der Waals surface area contributed by atoms with Gasteiger partial charge in [-0.05, 0) is 24.3 Å². The summed E-state index contributed by atoms with van der Waals surface area (Å²) in [7, 11) is 0. The van der Waals surface area contributed by atoms with E-state index in [1.54, 1.807) is 30.3 Å². The van der Waals surface area contributed by atoms with Gasteiger partial charge in [0.25, 0.3) is 0 Å². The Hall–Kier alpha value is -1.16. The van der Waals surface area contributed by atoms with Gasteiger partial charge in [0.15, 0.2) is 0 Å². The van der Waals surface area contributed by atoms with Gasteiger partial charge in [-0.15, -0.1) is 0 Å². The van der Waals surface area contributed by atoms with E-state index >= 15 is 0 Å². The zero-order chi connectivity index (χ0) is 12.3. The average molecular weight is 272 g/mol. The van der Waals surface area contributed by atoms with Gasteiger partial charge in [-0.1, -0.05) is 29.3 Å². The minimum Gasteiger partial charge on any atom is -0.467 e. The number of anilines is 1. The van der Waals surface area contributed by atoms with Crippen LogP contribution in [-0.4, -0.2) is 11.7 Å². The molecule has 1 heterocycles. The van der Waals surface area contributed by atoms with Crippen molar-refractivity contribution in [3.05, 3.63) is 52.4 Å². The molecule has 1 aromatic heterocycles. The molecule has 0 aliphatic heterocycles. The molecule has 0 aliphatic rings. The Morgan fingerprint density at radius 1 is 1.18 bits per heavy atom. The van der Waals surface area contributed by atoms with Crippen LogP contribution in [0, 0.1) is 0 Å². The van der Waals surface area contributed by atoms with Crippen LogP contribution in [0.15, 0.2) is 41.0 Å². The van der Waals surface area contributed by atoms with E-state index in [4.69, 9.17) is 27.6 Å². The van der Waals surface area contributed by atoms with E-state index in [0.29, 0.717) is 21.5 Å². The van der Waals surface area contributed by atoms with Crippen LogP contribution < -0.4 is 5.32 Å². The second-order valence-corrected chi connectivity index (χ2v) is 4.32. The molecule has 0 spiro atoms. The molecule has 1 aromatic carbocycles. The number of furan rings is 1. The molecule has 90 valence electrons. The predicted octanol–water partition coefficient (Wildman–Crippen LogP) is 3.73. The summed E-state index contributed by atoms with van der Waals surface area (Å²) in [6.07, 6.45) is 0.776. The van der Waals surface area contributed by atoms with Crippen molar-refractivity contribution in [1.29, 1.82) is 0 Å². The molecular weight excluding hydrogens is 261 g/mol. The third-order valence-electron chi connectivity index (χ3n) is 2.31. The number of halogens is 2. The summed E-state index contributed by atoms with van der Waals surface area (Å²) in [5.41, 5.74) is 0.612. The second kappa shape index (κ2) is 5.45. The summed E-state index contributed by atoms with van der Waals surface area (Å²) in [6, 6.07) is 8.66. The molecule has 0 fully saturated rings. The van der Waals surface area contributed by atoms with E-state index < -0.39 is 6.10 Å². The lowest BCUT2D eigenvalue weighted by Gasteiger charge is -2.13. The van der Waals surface area contributed by atoms with E-state index in [2.05, 4.69) is 5.32 Å². The maximum absolute atomic E-state index is 9.81. The van der Waals surface area contributed by atoms with Crippen molar-refractivity contribution in [3.8, 4) is 0 Å². The highest BCUT2D eigenvalue weighted by Crippen LogP contribution is 2.30. The minimum atomic E-state index is -0.739. The van der Waals surface area contributed by atoms with E-state index in [1.165, 1.54) is 6.26 Å². The molecule has 2 N–H and O–H groups in total. The molecule has 2 rings (SSSR count). The van der Waals surface area contributed by atoms with Crippen molar-refractivity contribution in [2.24, 2.45) is 0 Å². The fourth-order valence-electron chi connectivity index (χ4n) is 1.45. The van der Waals surface area contributed by atoms with Crippen LogP contribution >= 0.6 is 23.2 Å². The number of benzene rings is 1. The Morgan fingerprint density at radius 2 is 1.88 bits per heavy atom. The number of para-hydroxylation sites is 1. The lowest BCUT2D eigenvalue weighted by atomic mass is 10.2. The number of rotatable bonds is 4. The van der Waals surface area contributed by atoms with Crippen LogP contribution in [0.5, 0.6) is 0 Å². The molecule has 0 saturated carbocycles. The van der Waals surface area contributed by atoms with Gasteiger partial charge in [0.05, 0.1) is 22.0 Å². The van der Waals surface area contributed by atoms with Gasteiger partial charge in [0, 0.05) is 6.54 Å². The predicted molar refractivity (Wildman–Crippen MR) is 68.6 cm³/mol. The summed E-state index contributed by atoms with van der Waals surface area (Å²) in [4.78, 5) is 0. The van der Waals surface area contributed by atoms with E-state index in [9.17, 15) is 5.11 Å². The molecule has 0 saturated heterocycles. The van der Waals surface area contributed by atoms with Gasteiger partial charge < -0.3 is 14.8 Å². The SMILES string of the molecule is OC(CNc1c(Cl)cccc1Cl)c1ccco1.